The van der Waals surface area contributed by atoms with Crippen LogP contribution in [-0.2, 0) is 14.8 Å². The first-order valence-electron chi connectivity index (χ1n) is 9.83. The number of hydrogen-bond donors (Lipinski definition) is 1. The third kappa shape index (κ3) is 5.25. The first-order chi connectivity index (χ1) is 14.4. The van der Waals surface area contributed by atoms with Crippen LogP contribution in [0.2, 0.25) is 0 Å². The molecule has 1 N–H and O–H groups in total. The van der Waals surface area contributed by atoms with Gasteiger partial charge in [0.25, 0.3) is 0 Å². The molecule has 1 fully saturated rings. The van der Waals surface area contributed by atoms with Crippen LogP contribution in [0.25, 0.3) is 6.08 Å². The Bertz CT molecular complexity index is 1030. The van der Waals surface area contributed by atoms with E-state index >= 15 is 0 Å². The van der Waals surface area contributed by atoms with Crippen molar-refractivity contribution < 1.29 is 22.3 Å². The second kappa shape index (κ2) is 9.86. The fourth-order valence-corrected chi connectivity index (χ4v) is 4.87. The molecular formula is C22H25FN2O4S. The Labute approximate surface area is 176 Å². The molecule has 0 saturated carbocycles. The zero-order chi connectivity index (χ0) is 21.6. The minimum absolute atomic E-state index is 0.0959. The van der Waals surface area contributed by atoms with Crippen LogP contribution in [-0.4, -0.2) is 38.8 Å². The first-order valence-corrected chi connectivity index (χ1v) is 11.3. The molecule has 160 valence electrons. The van der Waals surface area contributed by atoms with Crippen LogP contribution >= 0.6 is 0 Å². The van der Waals surface area contributed by atoms with Crippen LogP contribution in [0.1, 0.15) is 31.2 Å². The van der Waals surface area contributed by atoms with Crippen LogP contribution in [0.15, 0.2) is 53.4 Å². The van der Waals surface area contributed by atoms with E-state index in [0.717, 1.165) is 25.7 Å². The van der Waals surface area contributed by atoms with Crippen LogP contribution in [0, 0.1) is 5.82 Å². The summed E-state index contributed by atoms with van der Waals surface area (Å²) < 4.78 is 46.5. The summed E-state index contributed by atoms with van der Waals surface area (Å²) in [5, 5.41) is 2.62. The third-order valence-corrected chi connectivity index (χ3v) is 6.85. The molecule has 0 radical (unpaired) electrons. The Morgan fingerprint density at radius 2 is 1.80 bits per heavy atom. The van der Waals surface area contributed by atoms with Gasteiger partial charge in [-0.05, 0) is 43.2 Å². The summed E-state index contributed by atoms with van der Waals surface area (Å²) >= 11 is 0. The molecule has 2 aromatic rings. The number of halogens is 1. The van der Waals surface area contributed by atoms with Crippen molar-refractivity contribution in [1.82, 2.24) is 4.31 Å². The maximum absolute atomic E-state index is 13.7. The molecular weight excluding hydrogens is 407 g/mol. The van der Waals surface area contributed by atoms with Gasteiger partial charge < -0.3 is 10.1 Å². The van der Waals surface area contributed by atoms with E-state index in [-0.39, 0.29) is 16.1 Å². The molecule has 0 aromatic heterocycles. The number of carbonyl (C=O) groups is 1. The second-order valence-electron chi connectivity index (χ2n) is 7.02. The normalized spacial score (nSPS) is 15.7. The highest BCUT2D eigenvalue weighted by Crippen LogP contribution is 2.30. The predicted molar refractivity (Wildman–Crippen MR) is 114 cm³/mol. The lowest BCUT2D eigenvalue weighted by Gasteiger charge is -2.20. The molecule has 0 bridgehead atoms. The van der Waals surface area contributed by atoms with Gasteiger partial charge >= 0.3 is 0 Å². The van der Waals surface area contributed by atoms with Crippen molar-refractivity contribution in [3.8, 4) is 5.75 Å². The average Bonchev–Trinajstić information content (AvgIpc) is 3.03. The fourth-order valence-electron chi connectivity index (χ4n) is 3.33. The van der Waals surface area contributed by atoms with Crippen LogP contribution < -0.4 is 10.1 Å². The Hall–Kier alpha value is -2.71. The number of methoxy groups -OCH3 is 1. The molecule has 1 amide bonds. The Morgan fingerprint density at radius 3 is 2.47 bits per heavy atom. The molecule has 2 aromatic carbocycles. The number of amides is 1. The van der Waals surface area contributed by atoms with Gasteiger partial charge in [-0.2, -0.15) is 4.31 Å². The Kier molecular flexibility index (Phi) is 7.23. The highest BCUT2D eigenvalue weighted by molar-refractivity contribution is 7.89. The summed E-state index contributed by atoms with van der Waals surface area (Å²) in [4.78, 5) is 12.4. The summed E-state index contributed by atoms with van der Waals surface area (Å²) in [5.41, 5.74) is 0.508. The van der Waals surface area contributed by atoms with E-state index in [0.29, 0.717) is 18.8 Å². The number of nitrogens with zero attached hydrogens (tertiary/aromatic N) is 1. The molecule has 1 aliphatic rings. The highest BCUT2D eigenvalue weighted by Gasteiger charge is 2.26. The second-order valence-corrected chi connectivity index (χ2v) is 8.96. The van der Waals surface area contributed by atoms with Crippen molar-refractivity contribution in [2.45, 2.75) is 30.6 Å². The number of benzene rings is 2. The van der Waals surface area contributed by atoms with Gasteiger partial charge in [-0.3, -0.25) is 4.79 Å². The van der Waals surface area contributed by atoms with Crippen molar-refractivity contribution in [2.24, 2.45) is 0 Å². The van der Waals surface area contributed by atoms with E-state index in [1.54, 1.807) is 18.2 Å². The SMILES string of the molecule is COc1ccc(S(=O)(=O)N2CCCCCC2)cc1NC(=O)/C=C/c1ccccc1F. The molecule has 30 heavy (non-hydrogen) atoms. The van der Waals surface area contributed by atoms with Gasteiger partial charge in [0.15, 0.2) is 0 Å². The van der Waals surface area contributed by atoms with E-state index < -0.39 is 21.7 Å². The summed E-state index contributed by atoms with van der Waals surface area (Å²) in [6, 6.07) is 10.5. The number of ether oxygens (including phenoxy) is 1. The maximum Gasteiger partial charge on any atom is 0.248 e. The van der Waals surface area contributed by atoms with Crippen molar-refractivity contribution in [2.75, 3.05) is 25.5 Å². The predicted octanol–water partition coefficient (Wildman–Crippen LogP) is 4.05. The minimum Gasteiger partial charge on any atom is -0.495 e. The van der Waals surface area contributed by atoms with Crippen molar-refractivity contribution in [3.05, 3.63) is 59.9 Å². The topological polar surface area (TPSA) is 75.7 Å². The monoisotopic (exact) mass is 432 g/mol. The average molecular weight is 433 g/mol. The molecule has 0 unspecified atom stereocenters. The van der Waals surface area contributed by atoms with E-state index in [2.05, 4.69) is 5.32 Å². The van der Waals surface area contributed by atoms with Gasteiger partial charge in [-0.1, -0.05) is 31.0 Å². The molecule has 0 atom stereocenters. The third-order valence-electron chi connectivity index (χ3n) is 4.95. The van der Waals surface area contributed by atoms with Crippen LogP contribution in [0.3, 0.4) is 0 Å². The molecule has 3 rings (SSSR count). The Balaban J connectivity index is 1.82. The molecule has 0 spiro atoms. The van der Waals surface area contributed by atoms with Crippen LogP contribution in [0.4, 0.5) is 10.1 Å². The minimum atomic E-state index is -3.67. The molecule has 6 nitrogen and oxygen atoms in total. The van der Waals surface area contributed by atoms with Gasteiger partial charge in [0.1, 0.15) is 11.6 Å². The maximum atomic E-state index is 13.7. The van der Waals surface area contributed by atoms with Gasteiger partial charge in [0, 0.05) is 24.7 Å². The van der Waals surface area contributed by atoms with E-state index in [4.69, 9.17) is 4.74 Å². The molecule has 1 aliphatic heterocycles. The smallest absolute Gasteiger partial charge is 0.248 e. The lowest BCUT2D eigenvalue weighted by molar-refractivity contribution is -0.111. The number of nitrogens with one attached hydrogen (secondary N) is 1. The van der Waals surface area contributed by atoms with Gasteiger partial charge in [0.2, 0.25) is 15.9 Å². The zero-order valence-electron chi connectivity index (χ0n) is 16.8. The van der Waals surface area contributed by atoms with Crippen molar-refractivity contribution in [3.63, 3.8) is 0 Å². The lowest BCUT2D eigenvalue weighted by Crippen LogP contribution is -2.32. The van der Waals surface area contributed by atoms with E-state index in [1.165, 1.54) is 47.8 Å². The highest BCUT2D eigenvalue weighted by atomic mass is 32.2. The quantitative estimate of drug-likeness (QED) is 0.699. The van der Waals surface area contributed by atoms with Gasteiger partial charge in [-0.15, -0.1) is 0 Å². The fraction of sp³-hybridized carbons (Fsp3) is 0.318. The molecule has 0 aliphatic carbocycles. The number of carbonyl (C=O) groups excluding carboxylic acids is 1. The number of hydrogen-bond acceptors (Lipinski definition) is 4. The summed E-state index contributed by atoms with van der Waals surface area (Å²) in [6.45, 7) is 0.975. The van der Waals surface area contributed by atoms with Gasteiger partial charge in [-0.25, -0.2) is 12.8 Å². The molecule has 1 heterocycles. The van der Waals surface area contributed by atoms with Crippen LogP contribution in [0.5, 0.6) is 5.75 Å². The first kappa shape index (κ1) is 22.0. The number of rotatable bonds is 6. The van der Waals surface area contributed by atoms with E-state index in [9.17, 15) is 17.6 Å². The molecule has 1 saturated heterocycles. The Morgan fingerprint density at radius 1 is 1.10 bits per heavy atom. The van der Waals surface area contributed by atoms with E-state index in [1.807, 2.05) is 0 Å². The summed E-state index contributed by atoms with van der Waals surface area (Å²) in [6.07, 6.45) is 6.25. The summed E-state index contributed by atoms with van der Waals surface area (Å²) in [5.74, 6) is -0.636. The van der Waals surface area contributed by atoms with Crippen molar-refractivity contribution in [1.29, 1.82) is 0 Å². The van der Waals surface area contributed by atoms with Gasteiger partial charge in [0.05, 0.1) is 17.7 Å². The van der Waals surface area contributed by atoms with Crippen molar-refractivity contribution >= 4 is 27.7 Å². The number of sulfonamides is 1. The standard InChI is InChI=1S/C22H25FN2O4S/c1-29-21-12-11-18(30(27,28)25-14-6-2-3-7-15-25)16-20(21)24-22(26)13-10-17-8-4-5-9-19(17)23/h4-5,8-13,16H,2-3,6-7,14-15H2,1H3,(H,24,26)/b13-10+. The molecule has 8 heteroatoms. The number of anilines is 1. The largest absolute Gasteiger partial charge is 0.495 e. The zero-order valence-corrected chi connectivity index (χ0v) is 17.6. The summed E-state index contributed by atoms with van der Waals surface area (Å²) in [7, 11) is -2.24. The lowest BCUT2D eigenvalue weighted by atomic mass is 10.2.